The Kier molecular flexibility index (Phi) is 5.91. The maximum atomic E-state index is 12.6. The molecule has 2 aliphatic heterocycles. The minimum Gasteiger partial charge on any atom is -0.481 e. The van der Waals surface area contributed by atoms with Gasteiger partial charge in [-0.1, -0.05) is 12.1 Å². The highest BCUT2D eigenvalue weighted by Crippen LogP contribution is 2.27. The Morgan fingerprint density at radius 1 is 1.50 bits per heavy atom. The summed E-state index contributed by atoms with van der Waals surface area (Å²) in [5.74, 6) is 0.163. The number of carbonyl (C=O) groups excluding carboxylic acids is 1. The number of anilines is 1. The van der Waals surface area contributed by atoms with Crippen LogP contribution in [0.4, 0.5) is 5.82 Å². The Bertz CT molecular complexity index is 689. The van der Waals surface area contributed by atoms with Gasteiger partial charge in [-0.25, -0.2) is 4.98 Å². The van der Waals surface area contributed by atoms with Crippen LogP contribution in [-0.2, 0) is 22.4 Å². The van der Waals surface area contributed by atoms with Gasteiger partial charge in [0.25, 0.3) is 0 Å². The molecule has 1 aromatic rings. The van der Waals surface area contributed by atoms with Crippen molar-refractivity contribution >= 4 is 17.7 Å². The molecule has 0 saturated carbocycles. The first-order chi connectivity index (χ1) is 12.6. The van der Waals surface area contributed by atoms with Gasteiger partial charge >= 0.3 is 5.97 Å². The predicted octanol–water partition coefficient (Wildman–Crippen LogP) is 2.64. The molecule has 0 radical (unpaired) electrons. The number of nitrogens with zero attached hydrogens (tertiary/aromatic N) is 2. The summed E-state index contributed by atoms with van der Waals surface area (Å²) >= 11 is 0. The van der Waals surface area contributed by atoms with E-state index in [-0.39, 0.29) is 18.2 Å². The van der Waals surface area contributed by atoms with Crippen LogP contribution in [0.5, 0.6) is 0 Å². The van der Waals surface area contributed by atoms with E-state index in [1.165, 1.54) is 5.56 Å². The second-order valence-corrected chi connectivity index (χ2v) is 7.15. The number of carboxylic acid groups (broad SMARTS) is 1. The van der Waals surface area contributed by atoms with Crippen molar-refractivity contribution in [3.05, 3.63) is 36.0 Å². The Balaban J connectivity index is 1.50. The third-order valence-corrected chi connectivity index (χ3v) is 5.34. The number of carbonyl (C=O) groups is 2. The monoisotopic (exact) mass is 357 g/mol. The molecule has 0 bridgehead atoms. The fraction of sp³-hybridized carbons (Fsp3) is 0.550. The number of nitrogens with one attached hydrogen (secondary N) is 1. The molecule has 6 nitrogen and oxygen atoms in total. The lowest BCUT2D eigenvalue weighted by atomic mass is 9.99. The van der Waals surface area contributed by atoms with E-state index < -0.39 is 12.0 Å². The van der Waals surface area contributed by atoms with Crippen LogP contribution in [0.3, 0.4) is 0 Å². The second-order valence-electron chi connectivity index (χ2n) is 7.15. The van der Waals surface area contributed by atoms with Crippen molar-refractivity contribution in [1.29, 1.82) is 0 Å². The first kappa shape index (κ1) is 18.4. The Hall–Kier alpha value is -2.37. The van der Waals surface area contributed by atoms with Gasteiger partial charge < -0.3 is 15.3 Å². The molecule has 1 amide bonds. The number of amides is 1. The lowest BCUT2D eigenvalue weighted by molar-refractivity contribution is -0.139. The van der Waals surface area contributed by atoms with Gasteiger partial charge in [-0.15, -0.1) is 6.58 Å². The van der Waals surface area contributed by atoms with E-state index >= 15 is 0 Å². The van der Waals surface area contributed by atoms with Gasteiger partial charge in [0.2, 0.25) is 5.91 Å². The minimum atomic E-state index is -0.904. The smallest absolute Gasteiger partial charge is 0.305 e. The molecule has 1 unspecified atom stereocenters. The normalized spacial score (nSPS) is 20.4. The average molecular weight is 357 g/mol. The van der Waals surface area contributed by atoms with E-state index in [2.05, 4.69) is 24.0 Å². The average Bonchev–Trinajstić information content (AvgIpc) is 3.00. The molecule has 0 spiro atoms. The van der Waals surface area contributed by atoms with Gasteiger partial charge in [0.05, 0.1) is 12.5 Å². The molecule has 2 aliphatic rings. The molecule has 1 fully saturated rings. The number of aryl methyl sites for hydroxylation is 2. The number of likely N-dealkylation sites (tertiary alicyclic amines) is 1. The number of pyridine rings is 1. The number of rotatable bonds is 8. The quantitative estimate of drug-likeness (QED) is 0.699. The molecule has 0 aromatic carbocycles. The topological polar surface area (TPSA) is 82.5 Å². The van der Waals surface area contributed by atoms with Crippen LogP contribution < -0.4 is 5.32 Å². The molecule has 26 heavy (non-hydrogen) atoms. The maximum Gasteiger partial charge on any atom is 0.305 e. The van der Waals surface area contributed by atoms with Gasteiger partial charge in [-0.2, -0.15) is 0 Å². The molecule has 3 rings (SSSR count). The van der Waals surface area contributed by atoms with Gasteiger partial charge in [0.15, 0.2) is 0 Å². The lowest BCUT2D eigenvalue weighted by Crippen LogP contribution is -2.37. The number of hydrogen-bond donors (Lipinski definition) is 2. The summed E-state index contributed by atoms with van der Waals surface area (Å²) in [5.41, 5.74) is 2.35. The van der Waals surface area contributed by atoms with Crippen LogP contribution in [0.1, 0.15) is 43.4 Å². The van der Waals surface area contributed by atoms with Crippen molar-refractivity contribution in [2.24, 2.45) is 5.92 Å². The van der Waals surface area contributed by atoms with Crippen LogP contribution in [0.25, 0.3) is 0 Å². The van der Waals surface area contributed by atoms with E-state index in [1.54, 1.807) is 11.0 Å². The third kappa shape index (κ3) is 4.23. The highest BCUT2D eigenvalue weighted by molar-refractivity contribution is 5.82. The molecule has 1 saturated heterocycles. The minimum absolute atomic E-state index is 0.0120. The number of carboxylic acids is 1. The summed E-state index contributed by atoms with van der Waals surface area (Å²) < 4.78 is 0. The number of hydrogen-bond acceptors (Lipinski definition) is 4. The maximum absolute atomic E-state index is 12.6. The number of aromatic nitrogens is 1. The van der Waals surface area contributed by atoms with Gasteiger partial charge in [0.1, 0.15) is 5.82 Å². The van der Waals surface area contributed by atoms with Crippen molar-refractivity contribution < 1.29 is 14.7 Å². The van der Waals surface area contributed by atoms with Crippen molar-refractivity contribution in [3.63, 3.8) is 0 Å². The zero-order valence-electron chi connectivity index (χ0n) is 15.1. The van der Waals surface area contributed by atoms with Crippen molar-refractivity contribution in [2.45, 2.75) is 51.0 Å². The van der Waals surface area contributed by atoms with E-state index in [4.69, 9.17) is 10.1 Å². The van der Waals surface area contributed by atoms with Crippen LogP contribution in [0, 0.1) is 5.92 Å². The number of aliphatic carboxylic acids is 1. The Labute approximate surface area is 154 Å². The Morgan fingerprint density at radius 2 is 2.35 bits per heavy atom. The van der Waals surface area contributed by atoms with Crippen LogP contribution >= 0.6 is 0 Å². The standard InChI is InChI=1S/C20H27N3O3/c1-2-17(13-18(24)25)23-12-10-15(20(23)26)5-3-7-16-9-8-14-6-4-11-21-19(14)22-16/h2,8-9,15,17H,1,3-7,10-13H2,(H,21,22)(H,24,25)/t15?,17-/m1/s1. The fourth-order valence-corrected chi connectivity index (χ4v) is 3.90. The first-order valence-electron chi connectivity index (χ1n) is 9.46. The van der Waals surface area contributed by atoms with Crippen LogP contribution in [0.2, 0.25) is 0 Å². The Morgan fingerprint density at radius 3 is 3.12 bits per heavy atom. The molecule has 2 atom stereocenters. The molecule has 140 valence electrons. The summed E-state index contributed by atoms with van der Waals surface area (Å²) in [7, 11) is 0. The highest BCUT2D eigenvalue weighted by atomic mass is 16.4. The zero-order chi connectivity index (χ0) is 18.5. The fourth-order valence-electron chi connectivity index (χ4n) is 3.90. The van der Waals surface area contributed by atoms with Crippen molar-refractivity contribution in [3.8, 4) is 0 Å². The SMILES string of the molecule is C=C[C@H](CC(=O)O)N1CCC(CCCc2ccc3c(n2)NCCC3)C1=O. The molecule has 1 aromatic heterocycles. The van der Waals surface area contributed by atoms with Gasteiger partial charge in [-0.3, -0.25) is 9.59 Å². The molecular weight excluding hydrogens is 330 g/mol. The van der Waals surface area contributed by atoms with E-state index in [0.29, 0.717) is 6.54 Å². The molecule has 3 heterocycles. The van der Waals surface area contributed by atoms with Crippen molar-refractivity contribution in [2.75, 3.05) is 18.4 Å². The summed E-state index contributed by atoms with van der Waals surface area (Å²) in [5, 5.41) is 12.3. The molecule has 6 heteroatoms. The van der Waals surface area contributed by atoms with E-state index in [1.807, 2.05) is 0 Å². The van der Waals surface area contributed by atoms with E-state index in [0.717, 1.165) is 56.6 Å². The van der Waals surface area contributed by atoms with Crippen LogP contribution in [-0.4, -0.2) is 46.0 Å². The molecule has 2 N–H and O–H groups in total. The van der Waals surface area contributed by atoms with Gasteiger partial charge in [0, 0.05) is 24.7 Å². The van der Waals surface area contributed by atoms with Crippen molar-refractivity contribution in [1.82, 2.24) is 9.88 Å². The summed E-state index contributed by atoms with van der Waals surface area (Å²) in [6.07, 6.45) is 7.12. The highest BCUT2D eigenvalue weighted by Gasteiger charge is 2.35. The van der Waals surface area contributed by atoms with E-state index in [9.17, 15) is 9.59 Å². The second kappa shape index (κ2) is 8.34. The third-order valence-electron chi connectivity index (χ3n) is 5.34. The first-order valence-corrected chi connectivity index (χ1v) is 9.46. The summed E-state index contributed by atoms with van der Waals surface area (Å²) in [6.45, 7) is 5.29. The zero-order valence-corrected chi connectivity index (χ0v) is 15.1. The predicted molar refractivity (Wildman–Crippen MR) is 100 cm³/mol. The summed E-state index contributed by atoms with van der Waals surface area (Å²) in [6, 6.07) is 3.85. The van der Waals surface area contributed by atoms with Gasteiger partial charge in [-0.05, 0) is 50.2 Å². The largest absolute Gasteiger partial charge is 0.481 e. The molecular formula is C20H27N3O3. The number of fused-ring (bicyclic) bond motifs is 1. The van der Waals surface area contributed by atoms with Crippen LogP contribution in [0.15, 0.2) is 24.8 Å². The lowest BCUT2D eigenvalue weighted by Gasteiger charge is -2.24. The molecule has 0 aliphatic carbocycles. The summed E-state index contributed by atoms with van der Waals surface area (Å²) in [4.78, 5) is 29.9.